The van der Waals surface area contributed by atoms with E-state index in [-0.39, 0.29) is 17.8 Å². The van der Waals surface area contributed by atoms with Gasteiger partial charge >= 0.3 is 11.6 Å². The van der Waals surface area contributed by atoms with Crippen molar-refractivity contribution in [1.82, 2.24) is 10.3 Å². The Kier molecular flexibility index (Phi) is 5.26. The molecule has 1 aliphatic rings. The number of ether oxygens (including phenoxy) is 1. The van der Waals surface area contributed by atoms with E-state index in [2.05, 4.69) is 31.1 Å². The van der Waals surface area contributed by atoms with Crippen molar-refractivity contribution in [2.24, 2.45) is 5.41 Å². The summed E-state index contributed by atoms with van der Waals surface area (Å²) in [5.74, 6) is -3.54. The van der Waals surface area contributed by atoms with Gasteiger partial charge in [0.25, 0.3) is 6.23 Å². The van der Waals surface area contributed by atoms with Gasteiger partial charge in [-0.25, -0.2) is 0 Å². The molecule has 0 bridgehead atoms. The second-order valence-electron chi connectivity index (χ2n) is 7.27. The highest BCUT2D eigenvalue weighted by atomic mass is 19.3. The van der Waals surface area contributed by atoms with Gasteiger partial charge in [0.15, 0.2) is 11.9 Å². The van der Waals surface area contributed by atoms with E-state index < -0.39 is 30.0 Å². The van der Waals surface area contributed by atoms with Gasteiger partial charge in [-0.2, -0.15) is 23.1 Å². The molecule has 0 aromatic carbocycles. The highest BCUT2D eigenvalue weighted by Crippen LogP contribution is 2.39. The van der Waals surface area contributed by atoms with E-state index in [1.165, 1.54) is 6.07 Å². The van der Waals surface area contributed by atoms with Crippen molar-refractivity contribution in [3.05, 3.63) is 22.7 Å². The van der Waals surface area contributed by atoms with Crippen molar-refractivity contribution < 1.29 is 23.2 Å². The summed E-state index contributed by atoms with van der Waals surface area (Å²) >= 11 is 0. The predicted octanol–water partition coefficient (Wildman–Crippen LogP) is 0.164. The van der Waals surface area contributed by atoms with Crippen LogP contribution in [-0.2, 0) is 4.74 Å². The van der Waals surface area contributed by atoms with E-state index in [4.69, 9.17) is 10.5 Å². The summed E-state index contributed by atoms with van der Waals surface area (Å²) < 4.78 is 34.6. The van der Waals surface area contributed by atoms with Crippen LogP contribution in [0.2, 0.25) is 0 Å². The number of H-pyrrole nitrogens is 1. The average Bonchev–Trinajstić information content (AvgIpc) is 2.66. The Hall–Kier alpha value is -1.58. The van der Waals surface area contributed by atoms with Gasteiger partial charge in [-0.15, -0.1) is 0 Å². The minimum absolute atomic E-state index is 0.0542. The monoisotopic (exact) mass is 347 g/mol. The van der Waals surface area contributed by atoms with Crippen LogP contribution in [0.25, 0.3) is 0 Å². The van der Waals surface area contributed by atoms with Crippen LogP contribution in [0.3, 0.4) is 0 Å². The fourth-order valence-electron chi connectivity index (χ4n) is 2.49. The Balaban J connectivity index is 2.06. The van der Waals surface area contributed by atoms with Crippen LogP contribution in [0.5, 0.6) is 0 Å². The Bertz CT molecular complexity index is 630. The molecule has 136 valence electrons. The highest BCUT2D eigenvalue weighted by molar-refractivity contribution is 5.21. The zero-order valence-corrected chi connectivity index (χ0v) is 14.1. The largest absolute Gasteiger partial charge is 0.499 e. The molecule has 1 aromatic heterocycles. The Labute approximate surface area is 138 Å². The van der Waals surface area contributed by atoms with Gasteiger partial charge in [0.1, 0.15) is 12.3 Å². The molecule has 1 aromatic rings. The molecular weight excluding hydrogens is 322 g/mol. The van der Waals surface area contributed by atoms with Crippen LogP contribution in [0.1, 0.15) is 33.4 Å². The average molecular weight is 347 g/mol. The third-order valence-electron chi connectivity index (χ3n) is 3.93. The van der Waals surface area contributed by atoms with Gasteiger partial charge in [0, 0.05) is 12.6 Å². The van der Waals surface area contributed by atoms with E-state index >= 15 is 0 Å². The van der Waals surface area contributed by atoms with Gasteiger partial charge in [-0.3, -0.25) is 0 Å². The van der Waals surface area contributed by atoms with Crippen molar-refractivity contribution in [2.75, 3.05) is 18.8 Å². The number of nitrogens with two attached hydrogens (primary N) is 1. The first-order valence-corrected chi connectivity index (χ1v) is 7.84. The lowest BCUT2D eigenvalue weighted by molar-refractivity contribution is -0.789. The first-order chi connectivity index (χ1) is 11.0. The number of anilines is 1. The van der Waals surface area contributed by atoms with Crippen LogP contribution >= 0.6 is 0 Å². The topological polar surface area (TPSA) is 104 Å². The smallest absolute Gasteiger partial charge is 0.384 e. The normalized spacial score (nSPS) is 26.7. The van der Waals surface area contributed by atoms with E-state index in [0.717, 1.165) is 12.6 Å². The van der Waals surface area contributed by atoms with E-state index in [1.54, 1.807) is 0 Å². The summed E-state index contributed by atoms with van der Waals surface area (Å²) in [6.07, 6.45) is -3.04. The van der Waals surface area contributed by atoms with Gasteiger partial charge in [-0.1, -0.05) is 20.8 Å². The highest BCUT2D eigenvalue weighted by Gasteiger charge is 2.62. The molecule has 0 radical (unpaired) electrons. The summed E-state index contributed by atoms with van der Waals surface area (Å²) in [4.78, 5) is 14.0. The number of nitrogen functional groups attached to an aromatic ring is 1. The molecule has 2 heterocycles. The molecule has 9 heteroatoms. The van der Waals surface area contributed by atoms with Crippen molar-refractivity contribution in [3.63, 3.8) is 0 Å². The van der Waals surface area contributed by atoms with Gasteiger partial charge in [0.2, 0.25) is 0 Å². The van der Waals surface area contributed by atoms with Crippen LogP contribution in [0.15, 0.2) is 17.1 Å². The second kappa shape index (κ2) is 6.73. The van der Waals surface area contributed by atoms with Crippen molar-refractivity contribution in [3.8, 4) is 0 Å². The molecule has 0 amide bonds. The molecule has 24 heavy (non-hydrogen) atoms. The van der Waals surface area contributed by atoms with Crippen molar-refractivity contribution >= 4 is 5.82 Å². The molecule has 1 aliphatic heterocycles. The standard InChI is InChI=1S/C15H24F2N4O3/c1-14(2,3)5-6-19-8-9-11(22)15(16,17)12(24-9)21-7-4-10(18)20-13(21)23/h4,7,9,11-12,19,22H,5-6,8H2,1-3H3,(H2,18,20,23)/p+1. The van der Waals surface area contributed by atoms with E-state index in [1.807, 2.05) is 0 Å². The number of rotatable bonds is 5. The van der Waals surface area contributed by atoms with Crippen molar-refractivity contribution in [2.45, 2.75) is 51.6 Å². The Morgan fingerprint density at radius 1 is 1.50 bits per heavy atom. The number of aromatic amines is 1. The van der Waals surface area contributed by atoms with Crippen LogP contribution < -0.4 is 21.3 Å². The minimum atomic E-state index is -3.59. The zero-order valence-electron chi connectivity index (χ0n) is 14.1. The molecular formula is C15H25F2N4O3+. The van der Waals surface area contributed by atoms with E-state index in [0.29, 0.717) is 11.1 Å². The van der Waals surface area contributed by atoms with Crippen LogP contribution in [0, 0.1) is 5.41 Å². The third-order valence-corrected chi connectivity index (χ3v) is 3.93. The SMILES string of the molecule is CC(C)(C)CCNCC1OC([n+]2ccc(N)[nH]c2=O)C(F)(F)C1O. The maximum atomic E-state index is 14.3. The molecule has 1 saturated heterocycles. The molecule has 5 N–H and O–H groups in total. The second-order valence-corrected chi connectivity index (χ2v) is 7.27. The third kappa shape index (κ3) is 4.08. The Morgan fingerprint density at radius 2 is 2.17 bits per heavy atom. The first kappa shape index (κ1) is 18.8. The number of alkyl halides is 2. The Morgan fingerprint density at radius 3 is 2.75 bits per heavy atom. The molecule has 1 fully saturated rings. The lowest BCUT2D eigenvalue weighted by Gasteiger charge is -2.20. The van der Waals surface area contributed by atoms with Crippen LogP contribution in [-0.4, -0.2) is 41.3 Å². The molecule has 7 nitrogen and oxygen atoms in total. The number of nitrogens with zero attached hydrogens (tertiary/aromatic N) is 1. The predicted molar refractivity (Wildman–Crippen MR) is 83.5 cm³/mol. The van der Waals surface area contributed by atoms with Gasteiger partial charge in [0.05, 0.1) is 0 Å². The fourth-order valence-corrected chi connectivity index (χ4v) is 2.49. The first-order valence-electron chi connectivity index (χ1n) is 7.84. The summed E-state index contributed by atoms with van der Waals surface area (Å²) in [6, 6.07) is 1.28. The zero-order chi connectivity index (χ0) is 18.1. The van der Waals surface area contributed by atoms with Crippen LogP contribution in [0.4, 0.5) is 14.6 Å². The number of halogens is 2. The molecule has 0 aliphatic carbocycles. The number of nitrogens with one attached hydrogen (secondary N) is 2. The number of hydrogen-bond donors (Lipinski definition) is 4. The summed E-state index contributed by atoms with van der Waals surface area (Å²) in [5.41, 5.74) is 4.69. The molecule has 0 saturated carbocycles. The molecule has 0 spiro atoms. The maximum absolute atomic E-state index is 14.3. The summed E-state index contributed by atoms with van der Waals surface area (Å²) in [6.45, 7) is 6.90. The number of aromatic nitrogens is 2. The quantitative estimate of drug-likeness (QED) is 0.449. The number of aliphatic hydroxyl groups excluding tert-OH is 1. The minimum Gasteiger partial charge on any atom is -0.384 e. The summed E-state index contributed by atoms with van der Waals surface area (Å²) in [7, 11) is 0. The number of aliphatic hydroxyl groups is 1. The van der Waals surface area contributed by atoms with E-state index in [9.17, 15) is 18.7 Å². The maximum Gasteiger partial charge on any atom is 0.499 e. The van der Waals surface area contributed by atoms with Gasteiger partial charge < -0.3 is 20.9 Å². The van der Waals surface area contributed by atoms with Crippen molar-refractivity contribution in [1.29, 1.82) is 0 Å². The molecule has 3 unspecified atom stereocenters. The fraction of sp³-hybridized carbons (Fsp3) is 0.733. The lowest BCUT2D eigenvalue weighted by atomic mass is 9.92. The number of hydrogen-bond acceptors (Lipinski definition) is 5. The summed E-state index contributed by atoms with van der Waals surface area (Å²) in [5, 5.41) is 12.9. The molecule has 2 rings (SSSR count). The molecule has 3 atom stereocenters. The van der Waals surface area contributed by atoms with Gasteiger partial charge in [-0.05, 0) is 18.4 Å². The lowest BCUT2D eigenvalue weighted by Crippen LogP contribution is -2.60.